The lowest BCUT2D eigenvalue weighted by atomic mass is 9.74. The van der Waals surface area contributed by atoms with Gasteiger partial charge >= 0.3 is 5.97 Å². The van der Waals surface area contributed by atoms with Crippen molar-refractivity contribution in [3.05, 3.63) is 6.33 Å². The summed E-state index contributed by atoms with van der Waals surface area (Å²) in [6.07, 6.45) is 3.46. The molecule has 2 aromatic rings. The lowest BCUT2D eigenvalue weighted by Crippen LogP contribution is -2.51. The summed E-state index contributed by atoms with van der Waals surface area (Å²) < 4.78 is 6.75. The van der Waals surface area contributed by atoms with Gasteiger partial charge in [-0.15, -0.1) is 11.3 Å². The van der Waals surface area contributed by atoms with Crippen molar-refractivity contribution in [3.8, 4) is 0 Å². The zero-order valence-corrected chi connectivity index (χ0v) is 15.2. The molecule has 0 amide bonds. The minimum atomic E-state index is -0.730. The van der Waals surface area contributed by atoms with Crippen LogP contribution in [-0.2, 0) is 9.53 Å². The number of carbonyl (C=O) groups excluding carboxylic acids is 1. The summed E-state index contributed by atoms with van der Waals surface area (Å²) in [5.41, 5.74) is -0.629. The third kappa shape index (κ3) is 2.89. The highest BCUT2D eigenvalue weighted by Crippen LogP contribution is 2.37. The predicted octanol–water partition coefficient (Wildman–Crippen LogP) is 3.20. The summed E-state index contributed by atoms with van der Waals surface area (Å²) in [4.78, 5) is 25.0. The molecule has 22 heavy (non-hydrogen) atoms. The number of hydrogen-bond acceptors (Lipinski definition) is 8. The first-order valence-corrected chi connectivity index (χ1v) is 8.79. The van der Waals surface area contributed by atoms with E-state index >= 15 is 0 Å². The van der Waals surface area contributed by atoms with Crippen LogP contribution in [-0.4, -0.2) is 39.8 Å². The molecule has 0 radical (unpaired) electrons. The molecule has 0 atom stereocenters. The number of esters is 1. The van der Waals surface area contributed by atoms with Crippen LogP contribution in [0.1, 0.15) is 27.7 Å². The molecule has 0 aliphatic heterocycles. The third-order valence-corrected chi connectivity index (χ3v) is 6.07. The SMILES string of the molecule is COC(=O)C(C)(C)C(C)(C)Nc1ncnc2nc(SC)sc12. The molecule has 2 heterocycles. The summed E-state index contributed by atoms with van der Waals surface area (Å²) in [6.45, 7) is 7.61. The summed E-state index contributed by atoms with van der Waals surface area (Å²) in [7, 11) is 1.40. The second-order valence-electron chi connectivity index (χ2n) is 5.93. The maximum absolute atomic E-state index is 12.1. The quantitative estimate of drug-likeness (QED) is 0.661. The van der Waals surface area contributed by atoms with E-state index in [2.05, 4.69) is 20.3 Å². The van der Waals surface area contributed by atoms with Gasteiger partial charge in [-0.3, -0.25) is 4.79 Å². The smallest absolute Gasteiger partial charge is 0.313 e. The van der Waals surface area contributed by atoms with Gasteiger partial charge in [0.05, 0.1) is 12.5 Å². The summed E-state index contributed by atoms with van der Waals surface area (Å²) >= 11 is 3.11. The number of hydrogen-bond donors (Lipinski definition) is 1. The predicted molar refractivity (Wildman–Crippen MR) is 90.5 cm³/mol. The molecule has 0 saturated carbocycles. The first-order chi connectivity index (χ1) is 10.2. The maximum atomic E-state index is 12.1. The van der Waals surface area contributed by atoms with E-state index in [0.717, 1.165) is 9.04 Å². The second kappa shape index (κ2) is 6.00. The number of thiazole rings is 1. The van der Waals surface area contributed by atoms with Crippen LogP contribution in [0.15, 0.2) is 10.7 Å². The van der Waals surface area contributed by atoms with Crippen molar-refractivity contribution < 1.29 is 9.53 Å². The van der Waals surface area contributed by atoms with E-state index in [9.17, 15) is 4.79 Å². The van der Waals surface area contributed by atoms with Crippen molar-refractivity contribution in [1.29, 1.82) is 0 Å². The van der Waals surface area contributed by atoms with Crippen LogP contribution in [0, 0.1) is 5.41 Å². The van der Waals surface area contributed by atoms with Gasteiger partial charge in [-0.2, -0.15) is 0 Å². The van der Waals surface area contributed by atoms with Crippen molar-refractivity contribution in [2.45, 2.75) is 37.6 Å². The lowest BCUT2D eigenvalue weighted by molar-refractivity contribution is -0.153. The minimum absolute atomic E-state index is 0.274. The molecule has 0 fully saturated rings. The zero-order valence-electron chi connectivity index (χ0n) is 13.6. The van der Waals surface area contributed by atoms with Crippen LogP contribution in [0.3, 0.4) is 0 Å². The number of aromatic nitrogens is 3. The molecule has 0 unspecified atom stereocenters. The highest BCUT2D eigenvalue weighted by atomic mass is 32.2. The number of nitrogens with one attached hydrogen (secondary N) is 1. The average Bonchev–Trinajstić information content (AvgIpc) is 2.90. The van der Waals surface area contributed by atoms with E-state index in [1.807, 2.05) is 34.0 Å². The Labute approximate surface area is 138 Å². The number of thioether (sulfide) groups is 1. The van der Waals surface area contributed by atoms with Gasteiger partial charge in [0.25, 0.3) is 0 Å². The molecule has 0 spiro atoms. The van der Waals surface area contributed by atoms with E-state index in [1.165, 1.54) is 24.8 Å². The van der Waals surface area contributed by atoms with Crippen molar-refractivity contribution in [2.24, 2.45) is 5.41 Å². The Morgan fingerprint density at radius 1 is 1.32 bits per heavy atom. The Morgan fingerprint density at radius 2 is 2.00 bits per heavy atom. The third-order valence-electron chi connectivity index (χ3n) is 4.04. The number of ether oxygens (including phenoxy) is 1. The molecule has 0 saturated heterocycles. The van der Waals surface area contributed by atoms with Crippen molar-refractivity contribution >= 4 is 45.2 Å². The molecular weight excluding hydrogens is 320 g/mol. The van der Waals surface area contributed by atoms with E-state index in [-0.39, 0.29) is 5.97 Å². The average molecular weight is 340 g/mol. The standard InChI is InChI=1S/C14H20N4O2S2/c1-13(2,11(19)20-5)14(3,4)18-10-8-9(15-7-16-10)17-12(21-6)22-8/h7H,1-6H3,(H,15,16,18). The first kappa shape index (κ1) is 17.0. The molecule has 0 aliphatic carbocycles. The van der Waals surface area contributed by atoms with Gasteiger partial charge in [-0.1, -0.05) is 11.8 Å². The van der Waals surface area contributed by atoms with Gasteiger partial charge in [-0.25, -0.2) is 15.0 Å². The normalized spacial score (nSPS) is 12.5. The minimum Gasteiger partial charge on any atom is -0.469 e. The Bertz CT molecular complexity index is 697. The molecule has 0 aliphatic rings. The lowest BCUT2D eigenvalue weighted by Gasteiger charge is -2.40. The molecular formula is C14H20N4O2S2. The Kier molecular flexibility index (Phi) is 4.62. The van der Waals surface area contributed by atoms with Crippen molar-refractivity contribution in [1.82, 2.24) is 15.0 Å². The second-order valence-corrected chi connectivity index (χ2v) is 7.98. The molecule has 8 heteroatoms. The molecule has 6 nitrogen and oxygen atoms in total. The fourth-order valence-corrected chi connectivity index (χ4v) is 3.33. The Hall–Kier alpha value is -1.41. The maximum Gasteiger partial charge on any atom is 0.313 e. The van der Waals surface area contributed by atoms with Crippen LogP contribution in [0.2, 0.25) is 0 Å². The summed E-state index contributed by atoms with van der Waals surface area (Å²) in [6, 6.07) is 0. The van der Waals surface area contributed by atoms with Crippen LogP contribution in [0.25, 0.3) is 10.3 Å². The molecule has 1 N–H and O–H groups in total. The molecule has 2 rings (SSSR count). The van der Waals surface area contributed by atoms with Gasteiger partial charge in [0, 0.05) is 5.54 Å². The highest BCUT2D eigenvalue weighted by molar-refractivity contribution is 8.00. The summed E-state index contributed by atoms with van der Waals surface area (Å²) in [5.74, 6) is 0.411. The Morgan fingerprint density at radius 3 is 2.59 bits per heavy atom. The van der Waals surface area contributed by atoms with Crippen LogP contribution < -0.4 is 5.32 Å². The fourth-order valence-electron chi connectivity index (χ4n) is 1.87. The summed E-state index contributed by atoms with van der Waals surface area (Å²) in [5, 5.41) is 3.36. The van der Waals surface area contributed by atoms with E-state index in [0.29, 0.717) is 11.5 Å². The van der Waals surface area contributed by atoms with Gasteiger partial charge in [0.15, 0.2) is 9.99 Å². The van der Waals surface area contributed by atoms with Gasteiger partial charge in [-0.05, 0) is 34.0 Å². The number of methoxy groups -OCH3 is 1. The molecule has 0 aromatic carbocycles. The number of nitrogens with zero attached hydrogens (tertiary/aromatic N) is 3. The van der Waals surface area contributed by atoms with Crippen LogP contribution in [0.4, 0.5) is 5.82 Å². The largest absolute Gasteiger partial charge is 0.469 e. The number of fused-ring (bicyclic) bond motifs is 1. The van der Waals surface area contributed by atoms with E-state index in [4.69, 9.17) is 4.74 Å². The van der Waals surface area contributed by atoms with Gasteiger partial charge < -0.3 is 10.1 Å². The molecule has 120 valence electrons. The monoisotopic (exact) mass is 340 g/mol. The van der Waals surface area contributed by atoms with Gasteiger partial charge in [0.1, 0.15) is 16.8 Å². The van der Waals surface area contributed by atoms with Crippen molar-refractivity contribution in [2.75, 3.05) is 18.7 Å². The molecule has 2 aromatic heterocycles. The number of rotatable bonds is 5. The van der Waals surface area contributed by atoms with Crippen molar-refractivity contribution in [3.63, 3.8) is 0 Å². The number of anilines is 1. The number of carbonyl (C=O) groups is 1. The topological polar surface area (TPSA) is 77.0 Å². The first-order valence-electron chi connectivity index (χ1n) is 6.75. The van der Waals surface area contributed by atoms with Crippen LogP contribution >= 0.6 is 23.1 Å². The van der Waals surface area contributed by atoms with E-state index < -0.39 is 11.0 Å². The highest BCUT2D eigenvalue weighted by Gasteiger charge is 2.44. The van der Waals surface area contributed by atoms with Crippen LogP contribution in [0.5, 0.6) is 0 Å². The molecule has 0 bridgehead atoms. The van der Waals surface area contributed by atoms with E-state index in [1.54, 1.807) is 11.8 Å². The van der Waals surface area contributed by atoms with Gasteiger partial charge in [0.2, 0.25) is 0 Å². The Balaban J connectivity index is 2.41. The zero-order chi connectivity index (χ0) is 16.5. The fraction of sp³-hybridized carbons (Fsp3) is 0.571.